The number of aliphatic hydroxyl groups excluding tert-OH is 1. The van der Waals surface area contributed by atoms with E-state index in [1.165, 1.54) is 17.2 Å². The summed E-state index contributed by atoms with van der Waals surface area (Å²) >= 11 is 0. The van der Waals surface area contributed by atoms with Crippen molar-refractivity contribution >= 4 is 0 Å². The van der Waals surface area contributed by atoms with Crippen molar-refractivity contribution in [3.8, 4) is 0 Å². The molecule has 0 fully saturated rings. The van der Waals surface area contributed by atoms with Gasteiger partial charge in [-0.1, -0.05) is 30.3 Å². The fourth-order valence-electron chi connectivity index (χ4n) is 2.73. The van der Waals surface area contributed by atoms with Gasteiger partial charge in [0.05, 0.1) is 0 Å². The maximum atomic E-state index is 13.3. The van der Waals surface area contributed by atoms with E-state index in [4.69, 9.17) is 0 Å². The zero-order valence-corrected chi connectivity index (χ0v) is 13.5. The van der Waals surface area contributed by atoms with E-state index in [2.05, 4.69) is 31.3 Å². The lowest BCUT2D eigenvalue weighted by Crippen LogP contribution is -2.29. The fraction of sp³-hybridized carbons (Fsp3) is 0.368. The van der Waals surface area contributed by atoms with Crippen LogP contribution in [0, 0.1) is 24.5 Å². The van der Waals surface area contributed by atoms with Gasteiger partial charge >= 0.3 is 0 Å². The molecule has 124 valence electrons. The lowest BCUT2D eigenvalue weighted by Gasteiger charge is -2.21. The van der Waals surface area contributed by atoms with Crippen LogP contribution in [0.4, 0.5) is 8.78 Å². The van der Waals surface area contributed by atoms with Crippen LogP contribution in [-0.4, -0.2) is 18.3 Å². The number of hydrogen-bond acceptors (Lipinski definition) is 2. The topological polar surface area (TPSA) is 32.3 Å². The lowest BCUT2D eigenvalue weighted by atomic mass is 9.98. The summed E-state index contributed by atoms with van der Waals surface area (Å²) in [6, 6.07) is 12.2. The van der Waals surface area contributed by atoms with Crippen LogP contribution in [0.2, 0.25) is 0 Å². The van der Waals surface area contributed by atoms with Gasteiger partial charge in [0.15, 0.2) is 11.6 Å². The second-order valence-electron chi connectivity index (χ2n) is 5.99. The molecular weight excluding hydrogens is 296 g/mol. The summed E-state index contributed by atoms with van der Waals surface area (Å²) in [5.74, 6) is -1.74. The Morgan fingerprint density at radius 1 is 1.09 bits per heavy atom. The van der Waals surface area contributed by atoms with Crippen molar-refractivity contribution in [2.24, 2.45) is 5.92 Å². The van der Waals surface area contributed by atoms with E-state index in [1.807, 2.05) is 12.1 Å². The zero-order valence-electron chi connectivity index (χ0n) is 13.5. The van der Waals surface area contributed by atoms with Gasteiger partial charge in [0, 0.05) is 19.2 Å². The van der Waals surface area contributed by atoms with Gasteiger partial charge in [0.1, 0.15) is 0 Å². The highest BCUT2D eigenvalue weighted by molar-refractivity contribution is 5.28. The summed E-state index contributed by atoms with van der Waals surface area (Å²) in [6.07, 6.45) is 0.501. The molecule has 0 amide bonds. The minimum absolute atomic E-state index is 0.00745. The number of aryl methyl sites for hydroxylation is 1. The van der Waals surface area contributed by atoms with Crippen LogP contribution in [0.3, 0.4) is 0 Å². The van der Waals surface area contributed by atoms with E-state index in [0.717, 1.165) is 6.07 Å². The molecule has 0 aromatic heterocycles. The molecule has 0 saturated carbocycles. The van der Waals surface area contributed by atoms with Crippen molar-refractivity contribution in [1.82, 2.24) is 5.32 Å². The summed E-state index contributed by atoms with van der Waals surface area (Å²) in [6.45, 7) is 4.74. The number of nitrogens with one attached hydrogen (secondary N) is 1. The third-order valence-electron chi connectivity index (χ3n) is 4.13. The van der Waals surface area contributed by atoms with Crippen molar-refractivity contribution in [3.63, 3.8) is 0 Å². The third-order valence-corrected chi connectivity index (χ3v) is 4.13. The van der Waals surface area contributed by atoms with Crippen molar-refractivity contribution < 1.29 is 13.9 Å². The average Bonchev–Trinajstić information content (AvgIpc) is 2.55. The highest BCUT2D eigenvalue weighted by Gasteiger charge is 2.13. The van der Waals surface area contributed by atoms with E-state index in [9.17, 15) is 13.9 Å². The van der Waals surface area contributed by atoms with Gasteiger partial charge in [-0.25, -0.2) is 8.78 Å². The Bertz CT molecular complexity index is 645. The van der Waals surface area contributed by atoms with Crippen LogP contribution in [0.1, 0.15) is 29.7 Å². The molecule has 2 nitrogen and oxygen atoms in total. The average molecular weight is 319 g/mol. The molecule has 2 N–H and O–H groups in total. The van der Waals surface area contributed by atoms with Crippen LogP contribution in [0.15, 0.2) is 42.5 Å². The van der Waals surface area contributed by atoms with E-state index in [0.29, 0.717) is 18.5 Å². The maximum Gasteiger partial charge on any atom is 0.159 e. The Kier molecular flexibility index (Phi) is 6.25. The molecule has 0 aliphatic heterocycles. The number of hydrogen-bond donors (Lipinski definition) is 2. The minimum Gasteiger partial charge on any atom is -0.396 e. The first-order valence-electron chi connectivity index (χ1n) is 7.85. The Hall–Kier alpha value is -1.78. The normalized spacial score (nSPS) is 13.8. The summed E-state index contributed by atoms with van der Waals surface area (Å²) in [5.41, 5.74) is 3.12. The molecule has 4 heteroatoms. The molecule has 0 heterocycles. The van der Waals surface area contributed by atoms with Crippen molar-refractivity contribution in [3.05, 3.63) is 70.8 Å². The molecule has 2 aromatic carbocycles. The zero-order chi connectivity index (χ0) is 16.8. The van der Waals surface area contributed by atoms with E-state index in [1.54, 1.807) is 6.07 Å². The summed E-state index contributed by atoms with van der Waals surface area (Å²) in [5, 5.41) is 13.0. The molecule has 2 aromatic rings. The Morgan fingerprint density at radius 3 is 2.48 bits per heavy atom. The SMILES string of the molecule is Cc1ccccc1C(C)NCC(CO)Cc1ccc(F)c(F)c1. The van der Waals surface area contributed by atoms with Crippen molar-refractivity contribution in [2.75, 3.05) is 13.2 Å². The largest absolute Gasteiger partial charge is 0.396 e. The molecule has 0 radical (unpaired) electrons. The van der Waals surface area contributed by atoms with Crippen molar-refractivity contribution in [1.29, 1.82) is 0 Å². The molecule has 2 rings (SSSR count). The van der Waals surface area contributed by atoms with Gasteiger partial charge in [-0.3, -0.25) is 0 Å². The Balaban J connectivity index is 1.94. The van der Waals surface area contributed by atoms with Crippen LogP contribution in [-0.2, 0) is 6.42 Å². The van der Waals surface area contributed by atoms with Gasteiger partial charge in [0.25, 0.3) is 0 Å². The third kappa shape index (κ3) is 4.85. The van der Waals surface area contributed by atoms with Gasteiger partial charge in [-0.15, -0.1) is 0 Å². The molecule has 2 unspecified atom stereocenters. The quantitative estimate of drug-likeness (QED) is 0.814. The molecule has 23 heavy (non-hydrogen) atoms. The predicted octanol–water partition coefficient (Wildman–Crippen LogP) is 3.78. The van der Waals surface area contributed by atoms with E-state index >= 15 is 0 Å². The van der Waals surface area contributed by atoms with Crippen LogP contribution in [0.5, 0.6) is 0 Å². The molecule has 2 atom stereocenters. The van der Waals surface area contributed by atoms with Gasteiger partial charge in [-0.05, 0) is 55.0 Å². The minimum atomic E-state index is -0.847. The van der Waals surface area contributed by atoms with Crippen LogP contribution in [0.25, 0.3) is 0 Å². The molecule has 0 aliphatic carbocycles. The highest BCUT2D eigenvalue weighted by atomic mass is 19.2. The molecular formula is C19H23F2NO. The monoisotopic (exact) mass is 319 g/mol. The maximum absolute atomic E-state index is 13.3. The Labute approximate surface area is 136 Å². The molecule has 0 spiro atoms. The van der Waals surface area contributed by atoms with Crippen molar-refractivity contribution in [2.45, 2.75) is 26.3 Å². The molecule has 0 aliphatic rings. The molecule has 0 bridgehead atoms. The smallest absolute Gasteiger partial charge is 0.159 e. The van der Waals surface area contributed by atoms with Gasteiger partial charge in [0.2, 0.25) is 0 Å². The second kappa shape index (κ2) is 8.18. The van der Waals surface area contributed by atoms with Gasteiger partial charge < -0.3 is 10.4 Å². The highest BCUT2D eigenvalue weighted by Crippen LogP contribution is 2.18. The first-order valence-corrected chi connectivity index (χ1v) is 7.85. The summed E-state index contributed by atoms with van der Waals surface area (Å²) < 4.78 is 26.2. The van der Waals surface area contributed by atoms with Crippen LogP contribution >= 0.6 is 0 Å². The number of rotatable bonds is 7. The lowest BCUT2D eigenvalue weighted by molar-refractivity contribution is 0.218. The van der Waals surface area contributed by atoms with Gasteiger partial charge in [-0.2, -0.15) is 0 Å². The standard InChI is InChI=1S/C19H23F2NO/c1-13-5-3-4-6-17(13)14(2)22-11-16(12-23)9-15-7-8-18(20)19(21)10-15/h3-8,10,14,16,22-23H,9,11-12H2,1-2H3. The number of halogens is 2. The van der Waals surface area contributed by atoms with E-state index in [-0.39, 0.29) is 18.6 Å². The predicted molar refractivity (Wildman–Crippen MR) is 88.2 cm³/mol. The van der Waals surface area contributed by atoms with Crippen LogP contribution < -0.4 is 5.32 Å². The number of benzene rings is 2. The molecule has 0 saturated heterocycles. The number of aliphatic hydroxyl groups is 1. The first kappa shape index (κ1) is 17.6. The fourth-order valence-corrected chi connectivity index (χ4v) is 2.73. The van der Waals surface area contributed by atoms with E-state index < -0.39 is 11.6 Å². The second-order valence-corrected chi connectivity index (χ2v) is 5.99. The summed E-state index contributed by atoms with van der Waals surface area (Å²) in [4.78, 5) is 0. The summed E-state index contributed by atoms with van der Waals surface area (Å²) in [7, 11) is 0. The first-order chi connectivity index (χ1) is 11.0. The Morgan fingerprint density at radius 2 is 1.83 bits per heavy atom.